The third kappa shape index (κ3) is 3.36. The summed E-state index contributed by atoms with van der Waals surface area (Å²) in [5.41, 5.74) is 0. The van der Waals surface area contributed by atoms with Crippen LogP contribution in [0.3, 0.4) is 0 Å². The van der Waals surface area contributed by atoms with Crippen LogP contribution in [0, 0.1) is 5.92 Å². The fourth-order valence-electron chi connectivity index (χ4n) is 1.99. The first-order valence-corrected chi connectivity index (χ1v) is 7.15. The van der Waals surface area contributed by atoms with Crippen molar-refractivity contribution in [1.29, 1.82) is 0 Å². The summed E-state index contributed by atoms with van der Waals surface area (Å²) < 4.78 is 5.14. The van der Waals surface area contributed by atoms with Crippen molar-refractivity contribution in [3.8, 4) is 0 Å². The van der Waals surface area contributed by atoms with Crippen LogP contribution >= 0.6 is 12.2 Å². The molecule has 2 heterocycles. The van der Waals surface area contributed by atoms with E-state index in [1.807, 2.05) is 13.8 Å². The van der Waals surface area contributed by atoms with E-state index in [-0.39, 0.29) is 23.6 Å². The highest BCUT2D eigenvalue weighted by Crippen LogP contribution is 2.15. The lowest BCUT2D eigenvalue weighted by Crippen LogP contribution is -2.60. The summed E-state index contributed by atoms with van der Waals surface area (Å²) in [6.45, 7) is 4.13. The number of aliphatic imine (C=N–C) groups is 1. The lowest BCUT2D eigenvalue weighted by atomic mass is 10.0. The molecule has 1 aliphatic rings. The molecule has 0 bridgehead atoms. The number of hydrogen-bond acceptors (Lipinski definition) is 5. The van der Waals surface area contributed by atoms with Crippen molar-refractivity contribution in [2.45, 2.75) is 32.9 Å². The van der Waals surface area contributed by atoms with Crippen LogP contribution in [0.1, 0.15) is 26.0 Å². The second-order valence-electron chi connectivity index (χ2n) is 4.81. The zero-order chi connectivity index (χ0) is 15.4. The van der Waals surface area contributed by atoms with E-state index in [2.05, 4.69) is 10.3 Å². The zero-order valence-electron chi connectivity index (χ0n) is 11.9. The highest BCUT2D eigenvalue weighted by Gasteiger charge is 2.39. The van der Waals surface area contributed by atoms with Crippen LogP contribution in [0.2, 0.25) is 0 Å². The third-order valence-corrected chi connectivity index (χ3v) is 3.65. The molecule has 0 spiro atoms. The van der Waals surface area contributed by atoms with Gasteiger partial charge >= 0.3 is 0 Å². The van der Waals surface area contributed by atoms with Gasteiger partial charge in [0, 0.05) is 12.3 Å². The number of thiocarbonyl (C=S) groups is 1. The molecule has 1 saturated heterocycles. The Morgan fingerprint density at radius 1 is 1.57 bits per heavy atom. The largest absolute Gasteiger partial charge is 0.467 e. The summed E-state index contributed by atoms with van der Waals surface area (Å²) in [6.07, 6.45) is 3.65. The van der Waals surface area contributed by atoms with Crippen LogP contribution in [-0.4, -0.2) is 34.1 Å². The van der Waals surface area contributed by atoms with Gasteiger partial charge in [-0.2, -0.15) is 0 Å². The molecule has 0 unspecified atom stereocenters. The molecule has 2 amide bonds. The number of amides is 2. The third-order valence-electron chi connectivity index (χ3n) is 3.35. The Morgan fingerprint density at radius 2 is 2.33 bits per heavy atom. The van der Waals surface area contributed by atoms with Crippen molar-refractivity contribution < 1.29 is 14.0 Å². The maximum atomic E-state index is 12.4. The number of furan rings is 1. The van der Waals surface area contributed by atoms with Gasteiger partial charge in [-0.1, -0.05) is 6.92 Å². The lowest BCUT2D eigenvalue weighted by molar-refractivity contribution is -0.139. The van der Waals surface area contributed by atoms with E-state index in [4.69, 9.17) is 16.6 Å². The minimum absolute atomic E-state index is 0.0634. The topological polar surface area (TPSA) is 74.9 Å². The number of carbonyl (C=O) groups excluding carboxylic acids is 2. The van der Waals surface area contributed by atoms with Crippen LogP contribution in [0.5, 0.6) is 0 Å². The van der Waals surface area contributed by atoms with Crippen LogP contribution in [-0.2, 0) is 16.1 Å². The summed E-state index contributed by atoms with van der Waals surface area (Å²) in [5, 5.41) is 2.71. The van der Waals surface area contributed by atoms with Crippen LogP contribution < -0.4 is 5.32 Å². The quantitative estimate of drug-likeness (QED) is 0.508. The molecule has 0 aromatic carbocycles. The molecular formula is C14H17N3O3S. The Hall–Kier alpha value is -2.02. The normalized spacial score (nSPS) is 21.0. The number of nitrogens with zero attached hydrogens (tertiary/aromatic N) is 2. The lowest BCUT2D eigenvalue weighted by Gasteiger charge is -2.34. The molecule has 112 valence electrons. The molecule has 1 aromatic heterocycles. The van der Waals surface area contributed by atoms with Gasteiger partial charge in [0.2, 0.25) is 11.8 Å². The highest BCUT2D eigenvalue weighted by molar-refractivity contribution is 7.80. The molecule has 1 N–H and O–H groups in total. The SMILES string of the molecule is CC[C@H](C)N1C(=O)[C@H](C=NCc2ccco2)C(=O)NC1=S. The van der Waals surface area contributed by atoms with Gasteiger partial charge in [0.1, 0.15) is 5.76 Å². The Bertz CT molecular complexity index is 568. The summed E-state index contributed by atoms with van der Waals surface area (Å²) in [6, 6.07) is 3.47. The number of hydrogen-bond donors (Lipinski definition) is 1. The first-order chi connectivity index (χ1) is 10.0. The van der Waals surface area contributed by atoms with Gasteiger partial charge in [0.05, 0.1) is 12.8 Å². The maximum Gasteiger partial charge on any atom is 0.247 e. The molecule has 7 heteroatoms. The number of carbonyl (C=O) groups is 2. The second kappa shape index (κ2) is 6.62. The van der Waals surface area contributed by atoms with Crippen molar-refractivity contribution in [3.63, 3.8) is 0 Å². The van der Waals surface area contributed by atoms with E-state index in [1.54, 1.807) is 18.4 Å². The fraction of sp³-hybridized carbons (Fsp3) is 0.429. The van der Waals surface area contributed by atoms with Gasteiger partial charge in [0.15, 0.2) is 11.0 Å². The van der Waals surface area contributed by atoms with Crippen LogP contribution in [0.4, 0.5) is 0 Å². The predicted octanol–water partition coefficient (Wildman–Crippen LogP) is 1.51. The van der Waals surface area contributed by atoms with Crippen molar-refractivity contribution in [2.75, 3.05) is 0 Å². The average Bonchev–Trinajstić information content (AvgIpc) is 2.95. The first-order valence-electron chi connectivity index (χ1n) is 6.74. The Balaban J connectivity index is 2.10. The summed E-state index contributed by atoms with van der Waals surface area (Å²) in [4.78, 5) is 29.9. The minimum atomic E-state index is -0.944. The summed E-state index contributed by atoms with van der Waals surface area (Å²) in [7, 11) is 0. The van der Waals surface area contributed by atoms with Gasteiger partial charge in [-0.3, -0.25) is 19.5 Å². The molecule has 6 nitrogen and oxygen atoms in total. The first kappa shape index (κ1) is 15.4. The minimum Gasteiger partial charge on any atom is -0.467 e. The average molecular weight is 307 g/mol. The van der Waals surface area contributed by atoms with Crippen LogP contribution in [0.15, 0.2) is 27.8 Å². The predicted molar refractivity (Wildman–Crippen MR) is 81.7 cm³/mol. The van der Waals surface area contributed by atoms with E-state index in [0.29, 0.717) is 5.76 Å². The molecule has 1 fully saturated rings. The van der Waals surface area contributed by atoms with Crippen molar-refractivity contribution in [1.82, 2.24) is 10.2 Å². The second-order valence-corrected chi connectivity index (χ2v) is 5.19. The van der Waals surface area contributed by atoms with Gasteiger partial charge in [-0.15, -0.1) is 0 Å². The van der Waals surface area contributed by atoms with E-state index in [9.17, 15) is 9.59 Å². The number of nitrogens with one attached hydrogen (secondary N) is 1. The smallest absolute Gasteiger partial charge is 0.247 e. The Labute approximate surface area is 128 Å². The van der Waals surface area contributed by atoms with Gasteiger partial charge in [0.25, 0.3) is 0 Å². The van der Waals surface area contributed by atoms with Gasteiger partial charge in [-0.05, 0) is 37.7 Å². The molecular weight excluding hydrogens is 290 g/mol. The molecule has 21 heavy (non-hydrogen) atoms. The highest BCUT2D eigenvalue weighted by atomic mass is 32.1. The molecule has 0 saturated carbocycles. The van der Waals surface area contributed by atoms with E-state index < -0.39 is 11.8 Å². The summed E-state index contributed by atoms with van der Waals surface area (Å²) >= 11 is 5.07. The number of rotatable bonds is 5. The molecule has 0 aliphatic carbocycles. The summed E-state index contributed by atoms with van der Waals surface area (Å²) in [5.74, 6) is -1.04. The van der Waals surface area contributed by atoms with Crippen LogP contribution in [0.25, 0.3) is 0 Å². The molecule has 1 aliphatic heterocycles. The molecule has 1 aromatic rings. The van der Waals surface area contributed by atoms with Crippen molar-refractivity contribution in [2.24, 2.45) is 10.9 Å². The monoisotopic (exact) mass is 307 g/mol. The van der Waals surface area contributed by atoms with Crippen molar-refractivity contribution in [3.05, 3.63) is 24.2 Å². The van der Waals surface area contributed by atoms with Crippen molar-refractivity contribution >= 4 is 35.4 Å². The standard InChI is InChI=1S/C14H17N3O3S/c1-3-9(2)17-13(19)11(12(18)16-14(17)21)8-15-7-10-5-4-6-20-10/h4-6,8-9,11H,3,7H2,1-2H3,(H,16,18,21)/t9-,11+/m0/s1. The maximum absolute atomic E-state index is 12.4. The van der Waals surface area contributed by atoms with Gasteiger partial charge in [-0.25, -0.2) is 0 Å². The fourth-order valence-corrected chi connectivity index (χ4v) is 2.36. The Morgan fingerprint density at radius 3 is 2.95 bits per heavy atom. The molecule has 2 rings (SSSR count). The molecule has 0 radical (unpaired) electrons. The Kier molecular flexibility index (Phi) is 4.85. The van der Waals surface area contributed by atoms with E-state index in [0.717, 1.165) is 6.42 Å². The zero-order valence-corrected chi connectivity index (χ0v) is 12.7. The van der Waals surface area contributed by atoms with E-state index in [1.165, 1.54) is 11.1 Å². The molecule has 2 atom stereocenters. The van der Waals surface area contributed by atoms with Gasteiger partial charge < -0.3 is 9.73 Å². The van der Waals surface area contributed by atoms with E-state index >= 15 is 0 Å².